The maximum atomic E-state index is 5.79. The Kier molecular flexibility index (Phi) is 2.91. The average molecular weight is 208 g/mol. The molecule has 0 bridgehead atoms. The molecule has 0 aliphatic carbocycles. The van der Waals surface area contributed by atoms with Gasteiger partial charge in [-0.2, -0.15) is 0 Å². The first-order valence-corrected chi connectivity index (χ1v) is 5.12. The molecule has 0 unspecified atom stereocenters. The van der Waals surface area contributed by atoms with Crippen molar-refractivity contribution in [2.24, 2.45) is 0 Å². The van der Waals surface area contributed by atoms with Gasteiger partial charge in [0.2, 0.25) is 0 Å². The monoisotopic (exact) mass is 208 g/mol. The van der Waals surface area contributed by atoms with Crippen LogP contribution in [-0.2, 0) is 4.84 Å². The fourth-order valence-corrected chi connectivity index (χ4v) is 1.78. The molecule has 1 aromatic rings. The van der Waals surface area contributed by atoms with Gasteiger partial charge in [-0.15, -0.1) is 0 Å². The maximum absolute atomic E-state index is 5.79. The van der Waals surface area contributed by atoms with Crippen LogP contribution in [0.4, 0.5) is 17.3 Å². The molecule has 0 spiro atoms. The summed E-state index contributed by atoms with van der Waals surface area (Å²) in [5.74, 6) is 1.42. The molecule has 0 aromatic carbocycles. The van der Waals surface area contributed by atoms with Gasteiger partial charge in [0, 0.05) is 13.1 Å². The zero-order chi connectivity index (χ0) is 10.7. The molecule has 1 aliphatic rings. The first-order valence-electron chi connectivity index (χ1n) is 5.12. The number of nitrogens with one attached hydrogen (secondary N) is 1. The lowest BCUT2D eigenvalue weighted by molar-refractivity contribution is 0.271. The summed E-state index contributed by atoms with van der Waals surface area (Å²) in [5.41, 5.74) is 9.19. The molecule has 0 radical (unpaired) electrons. The average Bonchev–Trinajstić information content (AvgIpc) is 2.74. The molecule has 2 heterocycles. The molecule has 82 valence electrons. The molecular weight excluding hydrogens is 192 g/mol. The van der Waals surface area contributed by atoms with E-state index in [1.54, 1.807) is 7.11 Å². The van der Waals surface area contributed by atoms with Gasteiger partial charge in [-0.3, -0.25) is 10.3 Å². The summed E-state index contributed by atoms with van der Waals surface area (Å²) in [7, 11) is 1.55. The lowest BCUT2D eigenvalue weighted by Gasteiger charge is -2.17. The van der Waals surface area contributed by atoms with Crippen molar-refractivity contribution >= 4 is 17.3 Å². The summed E-state index contributed by atoms with van der Waals surface area (Å²) in [4.78, 5) is 11.4. The van der Waals surface area contributed by atoms with E-state index < -0.39 is 0 Å². The molecule has 0 amide bonds. The summed E-state index contributed by atoms with van der Waals surface area (Å²) in [6.45, 7) is 2.15. The second-order valence-corrected chi connectivity index (χ2v) is 3.60. The highest BCUT2D eigenvalue weighted by atomic mass is 16.6. The van der Waals surface area contributed by atoms with E-state index in [-0.39, 0.29) is 0 Å². The highest BCUT2D eigenvalue weighted by Crippen LogP contribution is 2.23. The van der Waals surface area contributed by atoms with Gasteiger partial charge < -0.3 is 10.6 Å². The number of nitrogens with zero attached hydrogens (tertiary/aromatic N) is 2. The smallest absolute Gasteiger partial charge is 0.151 e. The Balaban J connectivity index is 2.16. The van der Waals surface area contributed by atoms with Gasteiger partial charge in [-0.05, 0) is 25.0 Å². The molecule has 5 nitrogen and oxygen atoms in total. The number of anilines is 3. The summed E-state index contributed by atoms with van der Waals surface area (Å²) >= 11 is 0. The van der Waals surface area contributed by atoms with Crippen LogP contribution in [0.1, 0.15) is 12.8 Å². The van der Waals surface area contributed by atoms with Gasteiger partial charge in [-0.1, -0.05) is 0 Å². The van der Waals surface area contributed by atoms with E-state index in [2.05, 4.69) is 15.4 Å². The number of nitrogens with two attached hydrogens (primary N) is 1. The van der Waals surface area contributed by atoms with Crippen molar-refractivity contribution in [3.63, 3.8) is 0 Å². The first-order chi connectivity index (χ1) is 7.31. The Labute approximate surface area is 89.2 Å². The number of rotatable bonds is 3. The van der Waals surface area contributed by atoms with E-state index in [1.165, 1.54) is 12.8 Å². The molecule has 2 rings (SSSR count). The van der Waals surface area contributed by atoms with Crippen LogP contribution in [0.5, 0.6) is 0 Å². The lowest BCUT2D eigenvalue weighted by atomic mass is 10.3. The molecule has 5 heteroatoms. The summed E-state index contributed by atoms with van der Waals surface area (Å²) in [5, 5.41) is 0. The lowest BCUT2D eigenvalue weighted by Crippen LogP contribution is -2.19. The van der Waals surface area contributed by atoms with Crippen molar-refractivity contribution in [2.75, 3.05) is 36.3 Å². The normalized spacial score (nSPS) is 15.7. The molecular formula is C10H16N4O. The van der Waals surface area contributed by atoms with Crippen LogP contribution in [0.2, 0.25) is 0 Å². The van der Waals surface area contributed by atoms with Gasteiger partial charge in [0.25, 0.3) is 0 Å². The molecule has 1 saturated heterocycles. The summed E-state index contributed by atoms with van der Waals surface area (Å²) < 4.78 is 0. The maximum Gasteiger partial charge on any atom is 0.151 e. The SMILES string of the molecule is CONc1ccc(N2CCCC2)nc1N. The highest BCUT2D eigenvalue weighted by molar-refractivity contribution is 5.64. The van der Waals surface area contributed by atoms with Crippen molar-refractivity contribution in [1.29, 1.82) is 0 Å². The highest BCUT2D eigenvalue weighted by Gasteiger charge is 2.14. The fraction of sp³-hybridized carbons (Fsp3) is 0.500. The van der Waals surface area contributed by atoms with Gasteiger partial charge in [0.05, 0.1) is 7.11 Å². The van der Waals surface area contributed by atoms with Crippen LogP contribution >= 0.6 is 0 Å². The molecule has 1 fully saturated rings. The predicted molar refractivity (Wildman–Crippen MR) is 60.7 cm³/mol. The standard InChI is InChI=1S/C10H16N4O/c1-15-13-8-4-5-9(12-10(8)11)14-6-2-3-7-14/h4-5,13H,2-3,6-7H2,1H3,(H2,11,12). The quantitative estimate of drug-likeness (QED) is 0.732. The van der Waals surface area contributed by atoms with Crippen molar-refractivity contribution in [3.8, 4) is 0 Å². The molecule has 3 N–H and O–H groups in total. The second kappa shape index (κ2) is 4.35. The predicted octanol–water partition coefficient (Wildman–Crippen LogP) is 1.24. The van der Waals surface area contributed by atoms with Crippen molar-refractivity contribution in [1.82, 2.24) is 4.98 Å². The van der Waals surface area contributed by atoms with Crippen molar-refractivity contribution in [3.05, 3.63) is 12.1 Å². The largest absolute Gasteiger partial charge is 0.382 e. The van der Waals surface area contributed by atoms with Gasteiger partial charge >= 0.3 is 0 Å². The van der Waals surface area contributed by atoms with E-state index in [0.29, 0.717) is 11.5 Å². The number of hydrogen-bond acceptors (Lipinski definition) is 5. The van der Waals surface area contributed by atoms with E-state index in [1.807, 2.05) is 12.1 Å². The minimum Gasteiger partial charge on any atom is -0.382 e. The van der Waals surface area contributed by atoms with Crippen LogP contribution in [0.3, 0.4) is 0 Å². The van der Waals surface area contributed by atoms with Crippen LogP contribution < -0.4 is 16.1 Å². The van der Waals surface area contributed by atoms with Crippen molar-refractivity contribution in [2.45, 2.75) is 12.8 Å². The van der Waals surface area contributed by atoms with E-state index >= 15 is 0 Å². The summed E-state index contributed by atoms with van der Waals surface area (Å²) in [6, 6.07) is 3.85. The van der Waals surface area contributed by atoms with E-state index in [0.717, 1.165) is 18.9 Å². The van der Waals surface area contributed by atoms with Gasteiger partial charge in [0.15, 0.2) is 5.82 Å². The third-order valence-electron chi connectivity index (χ3n) is 2.55. The first kappa shape index (κ1) is 10.0. The van der Waals surface area contributed by atoms with Gasteiger partial charge in [0.1, 0.15) is 11.5 Å². The molecule has 1 aliphatic heterocycles. The van der Waals surface area contributed by atoms with Crippen LogP contribution in [0.25, 0.3) is 0 Å². The molecule has 1 aromatic heterocycles. The number of aromatic nitrogens is 1. The zero-order valence-electron chi connectivity index (χ0n) is 8.86. The third kappa shape index (κ3) is 2.12. The number of nitrogen functional groups attached to an aromatic ring is 1. The Hall–Kier alpha value is -1.49. The topological polar surface area (TPSA) is 63.4 Å². The Morgan fingerprint density at radius 1 is 1.40 bits per heavy atom. The Morgan fingerprint density at radius 2 is 2.13 bits per heavy atom. The Bertz CT molecular complexity index is 336. The minimum absolute atomic E-state index is 0.473. The van der Waals surface area contributed by atoms with Crippen LogP contribution in [0.15, 0.2) is 12.1 Å². The summed E-state index contributed by atoms with van der Waals surface area (Å²) in [6.07, 6.45) is 2.47. The fourth-order valence-electron chi connectivity index (χ4n) is 1.78. The molecule has 0 atom stereocenters. The Morgan fingerprint density at radius 3 is 2.73 bits per heavy atom. The molecule has 15 heavy (non-hydrogen) atoms. The minimum atomic E-state index is 0.473. The van der Waals surface area contributed by atoms with Crippen LogP contribution in [0, 0.1) is 0 Å². The second-order valence-electron chi connectivity index (χ2n) is 3.60. The van der Waals surface area contributed by atoms with E-state index in [9.17, 15) is 0 Å². The number of pyridine rings is 1. The van der Waals surface area contributed by atoms with Crippen LogP contribution in [-0.4, -0.2) is 25.2 Å². The third-order valence-corrected chi connectivity index (χ3v) is 2.55. The van der Waals surface area contributed by atoms with Crippen molar-refractivity contribution < 1.29 is 4.84 Å². The molecule has 0 saturated carbocycles. The van der Waals surface area contributed by atoms with E-state index in [4.69, 9.17) is 10.6 Å². The number of hydrogen-bond donors (Lipinski definition) is 2. The zero-order valence-corrected chi connectivity index (χ0v) is 8.86. The van der Waals surface area contributed by atoms with Gasteiger partial charge in [-0.25, -0.2) is 4.98 Å².